The maximum absolute atomic E-state index is 10.9. The number of aromatic nitrogens is 1. The lowest BCUT2D eigenvalue weighted by Gasteiger charge is -2.09. The number of non-ortho nitro benzene ring substituents is 1. The lowest BCUT2D eigenvalue weighted by Crippen LogP contribution is -2.39. The fourth-order valence-electron chi connectivity index (χ4n) is 1.83. The quantitative estimate of drug-likeness (QED) is 0.600. The number of carbonyl (C=O) groups excluding carboxylic acids is 1. The molecule has 4 N–H and O–H groups in total. The Kier molecular flexibility index (Phi) is 2.99. The van der Waals surface area contributed by atoms with Gasteiger partial charge in [-0.05, 0) is 12.1 Å². The minimum atomic E-state index is -0.820. The van der Waals surface area contributed by atoms with Crippen molar-refractivity contribution in [2.24, 2.45) is 11.5 Å². The van der Waals surface area contributed by atoms with Crippen LogP contribution in [0, 0.1) is 10.1 Å². The number of hydrogen-bond donors (Lipinski definition) is 2. The van der Waals surface area contributed by atoms with Crippen LogP contribution in [0.4, 0.5) is 5.69 Å². The summed E-state index contributed by atoms with van der Waals surface area (Å²) in [5, 5.41) is 11.4. The van der Waals surface area contributed by atoms with E-state index in [1.807, 2.05) is 0 Å². The molecule has 0 spiro atoms. The van der Waals surface area contributed by atoms with Crippen LogP contribution in [-0.4, -0.2) is 21.4 Å². The molecule has 0 saturated carbocycles. The molecule has 2 aromatic rings. The van der Waals surface area contributed by atoms with Crippen molar-refractivity contribution in [2.75, 3.05) is 0 Å². The molecule has 0 fully saturated rings. The number of amides is 1. The number of fused-ring (bicyclic) bond motifs is 1. The monoisotopic (exact) mass is 248 g/mol. The number of nitrogens with zero attached hydrogens (tertiary/aromatic N) is 2. The SMILES string of the molecule is NC(=O)C(N)Cn1ccc2c([N+](=O)[O-])cccc21. The van der Waals surface area contributed by atoms with Gasteiger partial charge >= 0.3 is 0 Å². The summed E-state index contributed by atoms with van der Waals surface area (Å²) in [5.74, 6) is -0.609. The van der Waals surface area contributed by atoms with Gasteiger partial charge in [-0.1, -0.05) is 6.07 Å². The molecule has 1 aromatic carbocycles. The number of hydrogen-bond acceptors (Lipinski definition) is 4. The minimum absolute atomic E-state index is 0.0268. The van der Waals surface area contributed by atoms with Crippen LogP contribution >= 0.6 is 0 Å². The Balaban J connectivity index is 2.46. The van der Waals surface area contributed by atoms with Crippen LogP contribution in [0.25, 0.3) is 10.9 Å². The Hall–Kier alpha value is -2.41. The standard InChI is InChI=1S/C11H12N4O3/c12-8(11(13)16)6-14-5-4-7-9(14)2-1-3-10(7)15(17)18/h1-5,8H,6,12H2,(H2,13,16). The van der Waals surface area contributed by atoms with Crippen LogP contribution in [0.2, 0.25) is 0 Å². The molecule has 7 nitrogen and oxygen atoms in total. The second-order valence-corrected chi connectivity index (χ2v) is 3.94. The smallest absolute Gasteiger partial charge is 0.278 e. The zero-order valence-corrected chi connectivity index (χ0v) is 9.45. The van der Waals surface area contributed by atoms with Crippen molar-refractivity contribution in [3.05, 3.63) is 40.6 Å². The summed E-state index contributed by atoms with van der Waals surface area (Å²) in [5.41, 5.74) is 11.3. The fraction of sp³-hybridized carbons (Fsp3) is 0.182. The van der Waals surface area contributed by atoms with E-state index in [-0.39, 0.29) is 12.2 Å². The molecule has 0 bridgehead atoms. The first-order valence-corrected chi connectivity index (χ1v) is 5.28. The molecule has 1 aromatic heterocycles. The van der Waals surface area contributed by atoms with E-state index in [4.69, 9.17) is 11.5 Å². The minimum Gasteiger partial charge on any atom is -0.368 e. The molecule has 7 heteroatoms. The Morgan fingerprint density at radius 2 is 2.17 bits per heavy atom. The summed E-state index contributed by atoms with van der Waals surface area (Å²) in [6, 6.07) is 5.56. The topological polar surface area (TPSA) is 117 Å². The summed E-state index contributed by atoms with van der Waals surface area (Å²) >= 11 is 0. The van der Waals surface area contributed by atoms with Crippen molar-refractivity contribution in [1.29, 1.82) is 0 Å². The predicted molar refractivity (Wildman–Crippen MR) is 65.8 cm³/mol. The van der Waals surface area contributed by atoms with Gasteiger partial charge in [-0.2, -0.15) is 0 Å². The van der Waals surface area contributed by atoms with Crippen molar-refractivity contribution >= 4 is 22.5 Å². The molecule has 1 amide bonds. The summed E-state index contributed by atoms with van der Waals surface area (Å²) in [7, 11) is 0. The van der Waals surface area contributed by atoms with Crippen molar-refractivity contribution in [2.45, 2.75) is 12.6 Å². The molecule has 1 heterocycles. The highest BCUT2D eigenvalue weighted by molar-refractivity contribution is 5.89. The number of nitrogens with two attached hydrogens (primary N) is 2. The van der Waals surface area contributed by atoms with Crippen LogP contribution < -0.4 is 11.5 Å². The molecule has 0 aliphatic rings. The van der Waals surface area contributed by atoms with E-state index < -0.39 is 16.9 Å². The molecule has 0 aliphatic heterocycles. The van der Waals surface area contributed by atoms with E-state index in [1.54, 1.807) is 29.0 Å². The third-order valence-corrected chi connectivity index (χ3v) is 2.75. The molecule has 94 valence electrons. The lowest BCUT2D eigenvalue weighted by molar-refractivity contribution is -0.383. The third-order valence-electron chi connectivity index (χ3n) is 2.75. The number of rotatable bonds is 4. The zero-order chi connectivity index (χ0) is 13.3. The molecular formula is C11H12N4O3. The van der Waals surface area contributed by atoms with E-state index in [2.05, 4.69) is 0 Å². The predicted octanol–water partition coefficient (Wildman–Crippen LogP) is 0.362. The average Bonchev–Trinajstić information content (AvgIpc) is 2.72. The van der Waals surface area contributed by atoms with E-state index in [1.165, 1.54) is 6.07 Å². The van der Waals surface area contributed by atoms with Crippen LogP contribution in [0.5, 0.6) is 0 Å². The van der Waals surface area contributed by atoms with Crippen molar-refractivity contribution in [3.8, 4) is 0 Å². The molecule has 0 saturated heterocycles. The van der Waals surface area contributed by atoms with Crippen molar-refractivity contribution in [1.82, 2.24) is 4.57 Å². The number of carbonyl (C=O) groups is 1. The Bertz CT molecular complexity index is 620. The molecule has 2 rings (SSSR count). The third kappa shape index (κ3) is 2.03. The normalized spacial score (nSPS) is 12.5. The number of primary amides is 1. The highest BCUT2D eigenvalue weighted by Gasteiger charge is 2.16. The Labute approximate surface area is 102 Å². The molecular weight excluding hydrogens is 236 g/mol. The largest absolute Gasteiger partial charge is 0.368 e. The van der Waals surface area contributed by atoms with Gasteiger partial charge in [0.1, 0.15) is 6.04 Å². The van der Waals surface area contributed by atoms with Gasteiger partial charge in [-0.3, -0.25) is 14.9 Å². The molecule has 1 unspecified atom stereocenters. The van der Waals surface area contributed by atoms with Gasteiger partial charge in [-0.25, -0.2) is 0 Å². The van der Waals surface area contributed by atoms with Crippen LogP contribution in [0.15, 0.2) is 30.5 Å². The van der Waals surface area contributed by atoms with Gasteiger partial charge in [0.25, 0.3) is 5.69 Å². The summed E-state index contributed by atoms with van der Waals surface area (Å²) in [6.07, 6.45) is 1.65. The second-order valence-electron chi connectivity index (χ2n) is 3.94. The average molecular weight is 248 g/mol. The van der Waals surface area contributed by atoms with Crippen molar-refractivity contribution < 1.29 is 9.72 Å². The van der Waals surface area contributed by atoms with Crippen LogP contribution in [0.3, 0.4) is 0 Å². The van der Waals surface area contributed by atoms with Crippen LogP contribution in [-0.2, 0) is 11.3 Å². The number of nitro benzene ring substituents is 1. The van der Waals surface area contributed by atoms with E-state index in [9.17, 15) is 14.9 Å². The Morgan fingerprint density at radius 3 is 2.78 bits per heavy atom. The zero-order valence-electron chi connectivity index (χ0n) is 9.45. The molecule has 0 radical (unpaired) electrons. The number of nitro groups is 1. The van der Waals surface area contributed by atoms with Gasteiger partial charge in [-0.15, -0.1) is 0 Å². The van der Waals surface area contributed by atoms with Crippen LogP contribution in [0.1, 0.15) is 0 Å². The summed E-state index contributed by atoms with van der Waals surface area (Å²) in [6.45, 7) is 0.194. The van der Waals surface area contributed by atoms with Gasteiger partial charge in [0.05, 0.1) is 15.8 Å². The highest BCUT2D eigenvalue weighted by Crippen LogP contribution is 2.26. The van der Waals surface area contributed by atoms with Crippen molar-refractivity contribution in [3.63, 3.8) is 0 Å². The van der Waals surface area contributed by atoms with E-state index >= 15 is 0 Å². The van der Waals surface area contributed by atoms with Gasteiger partial charge in [0.15, 0.2) is 0 Å². The van der Waals surface area contributed by atoms with Gasteiger partial charge in [0, 0.05) is 18.8 Å². The van der Waals surface area contributed by atoms with Gasteiger partial charge < -0.3 is 16.0 Å². The summed E-state index contributed by atoms with van der Waals surface area (Å²) in [4.78, 5) is 21.3. The molecule has 18 heavy (non-hydrogen) atoms. The highest BCUT2D eigenvalue weighted by atomic mass is 16.6. The molecule has 0 aliphatic carbocycles. The number of benzene rings is 1. The first-order chi connectivity index (χ1) is 8.50. The van der Waals surface area contributed by atoms with E-state index in [0.717, 1.165) is 0 Å². The lowest BCUT2D eigenvalue weighted by atomic mass is 10.2. The van der Waals surface area contributed by atoms with E-state index in [0.29, 0.717) is 10.9 Å². The second kappa shape index (κ2) is 4.46. The maximum atomic E-state index is 10.9. The summed E-state index contributed by atoms with van der Waals surface area (Å²) < 4.78 is 1.68. The first-order valence-electron chi connectivity index (χ1n) is 5.28. The van der Waals surface area contributed by atoms with Gasteiger partial charge in [0.2, 0.25) is 5.91 Å². The molecule has 1 atom stereocenters. The first kappa shape index (κ1) is 12.1. The maximum Gasteiger partial charge on any atom is 0.278 e. The Morgan fingerprint density at radius 1 is 1.44 bits per heavy atom. The fourth-order valence-corrected chi connectivity index (χ4v) is 1.83.